The fourth-order valence-electron chi connectivity index (χ4n) is 3.81. The van der Waals surface area contributed by atoms with Crippen LogP contribution in [0.1, 0.15) is 22.5 Å². The van der Waals surface area contributed by atoms with Crippen molar-refractivity contribution in [2.24, 2.45) is 0 Å². The van der Waals surface area contributed by atoms with E-state index < -0.39 is 0 Å². The third-order valence-electron chi connectivity index (χ3n) is 5.43. The minimum atomic E-state index is 0.159. The first kappa shape index (κ1) is 19.8. The summed E-state index contributed by atoms with van der Waals surface area (Å²) in [7, 11) is 0. The second-order valence-electron chi connectivity index (χ2n) is 7.69. The summed E-state index contributed by atoms with van der Waals surface area (Å²) >= 11 is 0. The smallest absolute Gasteiger partial charge is 0.219 e. The Labute approximate surface area is 187 Å². The number of hydrogen-bond donors (Lipinski definition) is 1. The van der Waals surface area contributed by atoms with Gasteiger partial charge in [0.25, 0.3) is 0 Å². The number of hydrogen-bond acceptors (Lipinski definition) is 3. The predicted octanol–water partition coefficient (Wildman–Crippen LogP) is 5.95. The molecule has 5 aromatic rings. The van der Waals surface area contributed by atoms with Crippen molar-refractivity contribution >= 4 is 11.7 Å². The van der Waals surface area contributed by atoms with E-state index in [1.807, 2.05) is 97.2 Å². The van der Waals surface area contributed by atoms with E-state index in [-0.39, 0.29) is 5.88 Å². The van der Waals surface area contributed by atoms with Crippen LogP contribution in [0, 0.1) is 0 Å². The van der Waals surface area contributed by atoms with E-state index in [9.17, 15) is 5.11 Å². The molecular formula is C28H23N3O. The third kappa shape index (κ3) is 4.16. The molecule has 2 heterocycles. The summed E-state index contributed by atoms with van der Waals surface area (Å²) in [6.45, 7) is 0. The van der Waals surface area contributed by atoms with Crippen LogP contribution in [-0.4, -0.2) is 19.5 Å². The van der Waals surface area contributed by atoms with Gasteiger partial charge in [-0.1, -0.05) is 103 Å². The number of aromatic nitrogens is 3. The molecule has 3 aromatic carbocycles. The maximum atomic E-state index is 11.0. The Hall–Kier alpha value is -4.18. The molecule has 0 saturated heterocycles. The highest BCUT2D eigenvalue weighted by atomic mass is 16.3. The van der Waals surface area contributed by atoms with Crippen molar-refractivity contribution in [1.82, 2.24) is 14.4 Å². The van der Waals surface area contributed by atoms with Gasteiger partial charge in [0.1, 0.15) is 5.69 Å². The average molecular weight is 418 g/mol. The lowest BCUT2D eigenvalue weighted by Crippen LogP contribution is -2.00. The molecule has 156 valence electrons. The molecule has 0 spiro atoms. The van der Waals surface area contributed by atoms with Gasteiger partial charge in [0.2, 0.25) is 5.88 Å². The largest absolute Gasteiger partial charge is 0.493 e. The monoisotopic (exact) mass is 417 g/mol. The fourth-order valence-corrected chi connectivity index (χ4v) is 3.81. The standard InChI is InChI=1S/C28H23N3O/c32-28-24(18-10-15-21-11-4-1-5-12-21)30-27-25(19-22-13-6-2-7-14-22)29-26(20-31(27)28)23-16-8-3-9-17-23/h1-17,20,32H,18-19H2. The van der Waals surface area contributed by atoms with E-state index in [0.717, 1.165) is 28.1 Å². The molecule has 0 atom stereocenters. The van der Waals surface area contributed by atoms with Gasteiger partial charge in [-0.05, 0) is 11.1 Å². The molecule has 0 fully saturated rings. The number of aromatic hydroxyl groups is 1. The maximum absolute atomic E-state index is 11.0. The first-order valence-corrected chi connectivity index (χ1v) is 10.7. The molecule has 4 nitrogen and oxygen atoms in total. The number of benzene rings is 3. The lowest BCUT2D eigenvalue weighted by atomic mass is 10.1. The van der Waals surface area contributed by atoms with E-state index >= 15 is 0 Å². The summed E-state index contributed by atoms with van der Waals surface area (Å²) in [6.07, 6.45) is 7.11. The molecule has 32 heavy (non-hydrogen) atoms. The summed E-state index contributed by atoms with van der Waals surface area (Å²) in [5, 5.41) is 11.0. The van der Waals surface area contributed by atoms with E-state index in [1.165, 1.54) is 0 Å². The molecule has 0 saturated carbocycles. The Morgan fingerprint density at radius 2 is 1.41 bits per heavy atom. The van der Waals surface area contributed by atoms with Gasteiger partial charge in [-0.2, -0.15) is 0 Å². The number of nitrogens with zero attached hydrogens (tertiary/aromatic N) is 3. The van der Waals surface area contributed by atoms with E-state index in [0.29, 0.717) is 24.2 Å². The van der Waals surface area contributed by atoms with Crippen molar-refractivity contribution in [2.45, 2.75) is 12.8 Å². The zero-order chi connectivity index (χ0) is 21.8. The van der Waals surface area contributed by atoms with Gasteiger partial charge in [-0.15, -0.1) is 0 Å². The van der Waals surface area contributed by atoms with Crippen LogP contribution < -0.4 is 0 Å². The minimum absolute atomic E-state index is 0.159. The SMILES string of the molecule is Oc1c(CC=Cc2ccccc2)nc2c(Cc3ccccc3)nc(-c3ccccc3)cn12. The zero-order valence-corrected chi connectivity index (χ0v) is 17.6. The van der Waals surface area contributed by atoms with Crippen molar-refractivity contribution in [2.75, 3.05) is 0 Å². The topological polar surface area (TPSA) is 50.4 Å². The molecule has 0 aliphatic heterocycles. The highest BCUT2D eigenvalue weighted by Gasteiger charge is 2.17. The van der Waals surface area contributed by atoms with Crippen molar-refractivity contribution in [1.29, 1.82) is 0 Å². The van der Waals surface area contributed by atoms with Gasteiger partial charge in [-0.3, -0.25) is 4.40 Å². The summed E-state index contributed by atoms with van der Waals surface area (Å²) in [5.41, 5.74) is 6.25. The average Bonchev–Trinajstić information content (AvgIpc) is 3.17. The van der Waals surface area contributed by atoms with Crippen LogP contribution in [-0.2, 0) is 12.8 Å². The molecule has 0 bridgehead atoms. The van der Waals surface area contributed by atoms with Crippen molar-refractivity contribution in [3.8, 4) is 17.1 Å². The highest BCUT2D eigenvalue weighted by molar-refractivity contribution is 5.63. The normalized spacial score (nSPS) is 11.4. The Kier molecular flexibility index (Phi) is 5.50. The molecular weight excluding hydrogens is 394 g/mol. The molecule has 5 rings (SSSR count). The Morgan fingerprint density at radius 1 is 0.750 bits per heavy atom. The van der Waals surface area contributed by atoms with Gasteiger partial charge in [0.15, 0.2) is 5.65 Å². The van der Waals surface area contributed by atoms with Crippen LogP contribution in [0.5, 0.6) is 5.88 Å². The second kappa shape index (κ2) is 8.90. The summed E-state index contributed by atoms with van der Waals surface area (Å²) < 4.78 is 1.76. The number of imidazole rings is 1. The molecule has 1 N–H and O–H groups in total. The Morgan fingerprint density at radius 3 is 2.12 bits per heavy atom. The van der Waals surface area contributed by atoms with Crippen LogP contribution in [0.3, 0.4) is 0 Å². The molecule has 0 amide bonds. The molecule has 0 aliphatic carbocycles. The first-order chi connectivity index (χ1) is 15.8. The van der Waals surface area contributed by atoms with Crippen molar-refractivity contribution in [3.63, 3.8) is 0 Å². The molecule has 2 aromatic heterocycles. The third-order valence-corrected chi connectivity index (χ3v) is 5.43. The minimum Gasteiger partial charge on any atom is -0.493 e. The fraction of sp³-hybridized carbons (Fsp3) is 0.0714. The van der Waals surface area contributed by atoms with Gasteiger partial charge >= 0.3 is 0 Å². The highest BCUT2D eigenvalue weighted by Crippen LogP contribution is 2.27. The van der Waals surface area contributed by atoms with Crippen molar-refractivity contribution < 1.29 is 5.11 Å². The predicted molar refractivity (Wildman–Crippen MR) is 129 cm³/mol. The molecule has 4 heteroatoms. The molecule has 0 radical (unpaired) electrons. The summed E-state index contributed by atoms with van der Waals surface area (Å²) in [4.78, 5) is 9.71. The van der Waals surface area contributed by atoms with Crippen LogP contribution in [0.15, 0.2) is 103 Å². The Bertz CT molecular complexity index is 1360. The van der Waals surface area contributed by atoms with Crippen LogP contribution in [0.2, 0.25) is 0 Å². The maximum Gasteiger partial charge on any atom is 0.219 e. The Balaban J connectivity index is 1.56. The molecule has 0 aliphatic rings. The van der Waals surface area contributed by atoms with Gasteiger partial charge in [0.05, 0.1) is 11.4 Å². The van der Waals surface area contributed by atoms with E-state index in [2.05, 4.69) is 12.1 Å². The zero-order valence-electron chi connectivity index (χ0n) is 17.6. The quantitative estimate of drug-likeness (QED) is 0.371. The van der Waals surface area contributed by atoms with Gasteiger partial charge in [-0.25, -0.2) is 9.97 Å². The van der Waals surface area contributed by atoms with Gasteiger partial charge in [0, 0.05) is 24.6 Å². The second-order valence-corrected chi connectivity index (χ2v) is 7.69. The van der Waals surface area contributed by atoms with Crippen molar-refractivity contribution in [3.05, 3.63) is 126 Å². The van der Waals surface area contributed by atoms with Crippen LogP contribution in [0.25, 0.3) is 23.0 Å². The van der Waals surface area contributed by atoms with E-state index in [1.54, 1.807) is 4.40 Å². The van der Waals surface area contributed by atoms with Crippen LogP contribution >= 0.6 is 0 Å². The molecule has 0 unspecified atom stereocenters. The first-order valence-electron chi connectivity index (χ1n) is 10.7. The van der Waals surface area contributed by atoms with E-state index in [4.69, 9.17) is 9.97 Å². The summed E-state index contributed by atoms with van der Waals surface area (Å²) in [6, 6.07) is 30.4. The van der Waals surface area contributed by atoms with Crippen LogP contribution in [0.4, 0.5) is 0 Å². The summed E-state index contributed by atoms with van der Waals surface area (Å²) in [5.74, 6) is 0.159. The van der Waals surface area contributed by atoms with Gasteiger partial charge < -0.3 is 5.11 Å². The lowest BCUT2D eigenvalue weighted by Gasteiger charge is -2.08. The number of rotatable bonds is 6. The number of fused-ring (bicyclic) bond motifs is 1. The number of allylic oxidation sites excluding steroid dienone is 1. The lowest BCUT2D eigenvalue weighted by molar-refractivity contribution is 0.442.